The minimum absolute atomic E-state index is 0.573. The van der Waals surface area contributed by atoms with E-state index in [1.165, 1.54) is 16.4 Å². The third-order valence-electron chi connectivity index (χ3n) is 2.91. The van der Waals surface area contributed by atoms with Crippen LogP contribution in [-0.4, -0.2) is 32.2 Å². The summed E-state index contributed by atoms with van der Waals surface area (Å²) >= 11 is 1.50. The van der Waals surface area contributed by atoms with Gasteiger partial charge in [0.2, 0.25) is 5.16 Å². The lowest BCUT2D eigenvalue weighted by Gasteiger charge is -2.05. The fraction of sp³-hybridized carbons (Fsp3) is 0.133. The smallest absolute Gasteiger partial charge is 0.210 e. The topological polar surface area (TPSA) is 78.9 Å². The average molecular weight is 313 g/mol. The number of hydrogen-bond donors (Lipinski definition) is 1. The number of hydrogen-bond acceptors (Lipinski definition) is 6. The Morgan fingerprint density at radius 3 is 2.73 bits per heavy atom. The van der Waals surface area contributed by atoms with Crippen molar-refractivity contribution in [2.24, 2.45) is 0 Å². The van der Waals surface area contributed by atoms with E-state index in [0.29, 0.717) is 17.6 Å². The fourth-order valence-electron chi connectivity index (χ4n) is 1.88. The van der Waals surface area contributed by atoms with Crippen LogP contribution in [0, 0.1) is 0 Å². The van der Waals surface area contributed by atoms with Gasteiger partial charge < -0.3 is 10.6 Å². The number of rotatable bonds is 6. The zero-order valence-corrected chi connectivity index (χ0v) is 12.6. The third kappa shape index (κ3) is 3.37. The molecule has 0 amide bonds. The van der Waals surface area contributed by atoms with Crippen molar-refractivity contribution in [2.45, 2.75) is 5.16 Å². The summed E-state index contributed by atoms with van der Waals surface area (Å²) in [7, 11) is 0. The van der Waals surface area contributed by atoms with Crippen LogP contribution in [0.15, 0.2) is 60.0 Å². The van der Waals surface area contributed by atoms with E-state index in [4.69, 9.17) is 10.6 Å². The lowest BCUT2D eigenvalue weighted by Crippen LogP contribution is -2.12. The maximum atomic E-state index is 6.03. The molecule has 3 aromatic rings. The van der Waals surface area contributed by atoms with Crippen molar-refractivity contribution >= 4 is 11.8 Å². The molecular weight excluding hydrogens is 298 g/mol. The van der Waals surface area contributed by atoms with Crippen molar-refractivity contribution in [1.82, 2.24) is 19.9 Å². The van der Waals surface area contributed by atoms with Crippen LogP contribution in [0.1, 0.15) is 0 Å². The Hall–Kier alpha value is -2.54. The van der Waals surface area contributed by atoms with Gasteiger partial charge in [0.25, 0.3) is 0 Å². The molecule has 0 saturated carbocycles. The van der Waals surface area contributed by atoms with Crippen LogP contribution in [0.5, 0.6) is 5.75 Å². The molecule has 0 spiro atoms. The van der Waals surface area contributed by atoms with Crippen LogP contribution in [0.3, 0.4) is 0 Å². The Bertz CT molecular complexity index is 717. The van der Waals surface area contributed by atoms with Crippen molar-refractivity contribution < 1.29 is 4.74 Å². The van der Waals surface area contributed by atoms with E-state index in [-0.39, 0.29) is 0 Å². The Morgan fingerprint density at radius 1 is 1.09 bits per heavy atom. The molecule has 0 aliphatic rings. The summed E-state index contributed by atoms with van der Waals surface area (Å²) in [5.74, 6) is 8.22. The van der Waals surface area contributed by atoms with E-state index in [1.807, 2.05) is 42.5 Å². The highest BCUT2D eigenvalue weighted by Crippen LogP contribution is 2.20. The molecule has 0 aliphatic heterocycles. The Labute approximate surface area is 132 Å². The van der Waals surface area contributed by atoms with Crippen molar-refractivity contribution in [2.75, 3.05) is 18.2 Å². The fourth-order valence-corrected chi connectivity index (χ4v) is 2.55. The first kappa shape index (κ1) is 14.4. The number of ether oxygens (including phenoxy) is 1. The van der Waals surface area contributed by atoms with Crippen molar-refractivity contribution in [3.05, 3.63) is 54.9 Å². The number of aromatic nitrogens is 4. The molecular formula is C15H15N5OS. The molecule has 1 aromatic carbocycles. The van der Waals surface area contributed by atoms with Crippen LogP contribution >= 0.6 is 11.8 Å². The second-order valence-electron chi connectivity index (χ2n) is 4.43. The molecule has 0 radical (unpaired) electrons. The second-order valence-corrected chi connectivity index (χ2v) is 5.49. The summed E-state index contributed by atoms with van der Waals surface area (Å²) in [6.45, 7) is 0.573. The monoisotopic (exact) mass is 313 g/mol. The number of benzene rings is 1. The number of nitrogens with two attached hydrogens (primary N) is 1. The molecule has 7 heteroatoms. The second kappa shape index (κ2) is 6.95. The summed E-state index contributed by atoms with van der Waals surface area (Å²) < 4.78 is 7.11. The number of nitrogen functional groups attached to an aromatic ring is 1. The zero-order chi connectivity index (χ0) is 15.2. The Kier molecular flexibility index (Phi) is 4.55. The summed E-state index contributed by atoms with van der Waals surface area (Å²) in [6, 6.07) is 13.4. The van der Waals surface area contributed by atoms with E-state index in [0.717, 1.165) is 17.1 Å². The van der Waals surface area contributed by atoms with Crippen LogP contribution in [-0.2, 0) is 0 Å². The highest BCUT2D eigenvalue weighted by molar-refractivity contribution is 7.99. The normalized spacial score (nSPS) is 10.5. The third-order valence-corrected chi connectivity index (χ3v) is 3.82. The summed E-state index contributed by atoms with van der Waals surface area (Å²) in [6.07, 6.45) is 3.41. The lowest BCUT2D eigenvalue weighted by molar-refractivity contribution is 0.344. The Morgan fingerprint density at radius 2 is 1.95 bits per heavy atom. The molecule has 112 valence electrons. The molecule has 6 nitrogen and oxygen atoms in total. The van der Waals surface area contributed by atoms with Gasteiger partial charge in [-0.05, 0) is 24.3 Å². The highest BCUT2D eigenvalue weighted by atomic mass is 32.2. The molecule has 22 heavy (non-hydrogen) atoms. The largest absolute Gasteiger partial charge is 0.493 e. The predicted molar refractivity (Wildman–Crippen MR) is 86.1 cm³/mol. The zero-order valence-electron chi connectivity index (χ0n) is 11.8. The molecule has 0 bridgehead atoms. The molecule has 2 heterocycles. The predicted octanol–water partition coefficient (Wildman–Crippen LogP) is 2.22. The lowest BCUT2D eigenvalue weighted by atomic mass is 10.3. The van der Waals surface area contributed by atoms with Gasteiger partial charge in [-0.1, -0.05) is 30.0 Å². The van der Waals surface area contributed by atoms with E-state index in [1.54, 1.807) is 12.4 Å². The molecule has 0 fully saturated rings. The van der Waals surface area contributed by atoms with Gasteiger partial charge in [-0.25, -0.2) is 4.68 Å². The number of thioether (sulfide) groups is 1. The van der Waals surface area contributed by atoms with Crippen molar-refractivity contribution in [3.8, 4) is 17.1 Å². The summed E-state index contributed by atoms with van der Waals surface area (Å²) in [5, 5.41) is 8.86. The van der Waals surface area contributed by atoms with E-state index >= 15 is 0 Å². The van der Waals surface area contributed by atoms with E-state index < -0.39 is 0 Å². The van der Waals surface area contributed by atoms with Crippen LogP contribution in [0.25, 0.3) is 11.4 Å². The molecule has 0 atom stereocenters. The standard InChI is InChI=1S/C15H15N5OS/c16-20-14(12-5-4-8-17-11-12)18-19-15(20)22-10-9-21-13-6-2-1-3-7-13/h1-8,11H,9-10,16H2. The average Bonchev–Trinajstić information content (AvgIpc) is 2.94. The first-order chi connectivity index (χ1) is 10.8. The van der Waals surface area contributed by atoms with E-state index in [9.17, 15) is 0 Å². The maximum absolute atomic E-state index is 6.03. The van der Waals surface area contributed by atoms with Gasteiger partial charge in [0.05, 0.1) is 6.61 Å². The van der Waals surface area contributed by atoms with Gasteiger partial charge in [-0.3, -0.25) is 4.98 Å². The summed E-state index contributed by atoms with van der Waals surface area (Å²) in [4.78, 5) is 4.06. The highest BCUT2D eigenvalue weighted by Gasteiger charge is 2.11. The van der Waals surface area contributed by atoms with Gasteiger partial charge in [0, 0.05) is 23.7 Å². The number of nitrogens with zero attached hydrogens (tertiary/aromatic N) is 4. The molecule has 0 saturated heterocycles. The quantitative estimate of drug-likeness (QED) is 0.427. The molecule has 0 aliphatic carbocycles. The van der Waals surface area contributed by atoms with Crippen molar-refractivity contribution in [3.63, 3.8) is 0 Å². The van der Waals surface area contributed by atoms with Gasteiger partial charge in [0.1, 0.15) is 5.75 Å². The van der Waals surface area contributed by atoms with Crippen LogP contribution in [0.2, 0.25) is 0 Å². The van der Waals surface area contributed by atoms with Gasteiger partial charge in [-0.15, -0.1) is 10.2 Å². The first-order valence-electron chi connectivity index (χ1n) is 6.76. The van der Waals surface area contributed by atoms with E-state index in [2.05, 4.69) is 15.2 Å². The van der Waals surface area contributed by atoms with Crippen molar-refractivity contribution in [1.29, 1.82) is 0 Å². The van der Waals surface area contributed by atoms with Gasteiger partial charge in [0.15, 0.2) is 5.82 Å². The minimum Gasteiger partial charge on any atom is -0.493 e. The Balaban J connectivity index is 1.57. The SMILES string of the molecule is Nn1c(SCCOc2ccccc2)nnc1-c1cccnc1. The first-order valence-corrected chi connectivity index (χ1v) is 7.74. The molecule has 2 N–H and O–H groups in total. The van der Waals surface area contributed by atoms with Crippen LogP contribution in [0.4, 0.5) is 0 Å². The molecule has 3 rings (SSSR count). The van der Waals surface area contributed by atoms with Gasteiger partial charge >= 0.3 is 0 Å². The van der Waals surface area contributed by atoms with Crippen LogP contribution < -0.4 is 10.6 Å². The minimum atomic E-state index is 0.573. The molecule has 2 aromatic heterocycles. The van der Waals surface area contributed by atoms with Gasteiger partial charge in [-0.2, -0.15) is 0 Å². The maximum Gasteiger partial charge on any atom is 0.210 e. The number of para-hydroxylation sites is 1. The number of pyridine rings is 1. The summed E-state index contributed by atoms with van der Waals surface area (Å²) in [5.41, 5.74) is 0.838. The molecule has 0 unspecified atom stereocenters.